The first kappa shape index (κ1) is 12.7. The molecule has 0 aliphatic carbocycles. The second kappa shape index (κ2) is 4.50. The lowest BCUT2D eigenvalue weighted by Gasteiger charge is -2.46. The van der Waals surface area contributed by atoms with E-state index in [1.54, 1.807) is 6.07 Å². The van der Waals surface area contributed by atoms with Crippen molar-refractivity contribution in [2.45, 2.75) is 25.0 Å². The summed E-state index contributed by atoms with van der Waals surface area (Å²) in [5.74, 6) is 0.787. The Morgan fingerprint density at radius 2 is 1.90 bits per heavy atom. The summed E-state index contributed by atoms with van der Waals surface area (Å²) in [7, 11) is 0. The Morgan fingerprint density at radius 1 is 1.14 bits per heavy atom. The summed E-state index contributed by atoms with van der Waals surface area (Å²) in [6.07, 6.45) is -0.398. The second-order valence-electron chi connectivity index (χ2n) is 5.64. The summed E-state index contributed by atoms with van der Waals surface area (Å²) in [4.78, 5) is 11.7. The van der Waals surface area contributed by atoms with Gasteiger partial charge in [-0.05, 0) is 30.7 Å². The summed E-state index contributed by atoms with van der Waals surface area (Å²) in [5.41, 5.74) is 3.42. The zero-order chi connectivity index (χ0) is 14.6. The van der Waals surface area contributed by atoms with Crippen molar-refractivity contribution < 1.29 is 9.53 Å². The molecule has 1 N–H and O–H groups in total. The average molecular weight is 300 g/mol. The summed E-state index contributed by atoms with van der Waals surface area (Å²) < 4.78 is 5.80. The molecule has 2 aliphatic heterocycles. The number of halogens is 1. The van der Waals surface area contributed by atoms with E-state index in [-0.39, 0.29) is 17.9 Å². The van der Waals surface area contributed by atoms with Crippen LogP contribution in [0.25, 0.3) is 0 Å². The number of amides is 1. The molecule has 1 saturated heterocycles. The number of β-lactam (4-membered cyclic amide) rings is 1. The van der Waals surface area contributed by atoms with Crippen molar-refractivity contribution in [1.82, 2.24) is 5.32 Å². The van der Waals surface area contributed by atoms with Gasteiger partial charge in [0.15, 0.2) is 6.10 Å². The molecule has 2 aromatic carbocycles. The van der Waals surface area contributed by atoms with Gasteiger partial charge in [-0.3, -0.25) is 4.79 Å². The van der Waals surface area contributed by atoms with Gasteiger partial charge in [-0.2, -0.15) is 0 Å². The summed E-state index contributed by atoms with van der Waals surface area (Å²) >= 11 is 6.14. The Hall–Kier alpha value is -2.00. The van der Waals surface area contributed by atoms with Crippen LogP contribution in [0.15, 0.2) is 42.5 Å². The SMILES string of the molecule is Cc1ccc([C@H]2c3cc(Cl)ccc3O[C@@H]3C(=O)N[C@H]23)cc1. The van der Waals surface area contributed by atoms with Crippen molar-refractivity contribution in [2.75, 3.05) is 0 Å². The standard InChI is InChI=1S/C17H14ClNO2/c1-9-2-4-10(5-3-9)14-12-8-11(18)6-7-13(12)21-16-15(14)19-17(16)20/h2-8,14-16H,1H3,(H,19,20)/t14-,15+,16-/m0/s1. The maximum absolute atomic E-state index is 11.7. The molecule has 2 heterocycles. The molecule has 106 valence electrons. The van der Waals surface area contributed by atoms with Gasteiger partial charge in [-0.1, -0.05) is 41.4 Å². The van der Waals surface area contributed by atoms with Crippen LogP contribution in [0.1, 0.15) is 22.6 Å². The molecular formula is C17H14ClNO2. The van der Waals surface area contributed by atoms with E-state index in [0.717, 1.165) is 11.3 Å². The van der Waals surface area contributed by atoms with Crippen LogP contribution >= 0.6 is 11.6 Å². The number of fused-ring (bicyclic) bond motifs is 2. The van der Waals surface area contributed by atoms with Crippen LogP contribution in [0, 0.1) is 6.92 Å². The van der Waals surface area contributed by atoms with E-state index in [0.29, 0.717) is 5.02 Å². The molecule has 2 aromatic rings. The van der Waals surface area contributed by atoms with Gasteiger partial charge in [0.25, 0.3) is 5.91 Å². The third-order valence-corrected chi connectivity index (χ3v) is 4.49. The largest absolute Gasteiger partial charge is 0.478 e. The molecule has 3 atom stereocenters. The van der Waals surface area contributed by atoms with Gasteiger partial charge in [0.1, 0.15) is 5.75 Å². The molecule has 0 bridgehead atoms. The van der Waals surface area contributed by atoms with Gasteiger partial charge in [0, 0.05) is 16.5 Å². The van der Waals surface area contributed by atoms with Crippen LogP contribution in [-0.2, 0) is 4.79 Å². The van der Waals surface area contributed by atoms with Crippen LogP contribution in [-0.4, -0.2) is 18.1 Å². The molecule has 21 heavy (non-hydrogen) atoms. The number of aryl methyl sites for hydroxylation is 1. The highest BCUT2D eigenvalue weighted by molar-refractivity contribution is 6.30. The van der Waals surface area contributed by atoms with E-state index in [2.05, 4.69) is 36.5 Å². The smallest absolute Gasteiger partial charge is 0.263 e. The fourth-order valence-corrected chi connectivity index (χ4v) is 3.32. The lowest BCUT2D eigenvalue weighted by molar-refractivity contribution is -0.141. The van der Waals surface area contributed by atoms with Crippen LogP contribution in [0.5, 0.6) is 5.75 Å². The number of hydrogen-bond acceptors (Lipinski definition) is 2. The molecule has 0 saturated carbocycles. The number of benzene rings is 2. The van der Waals surface area contributed by atoms with E-state index in [1.807, 2.05) is 12.1 Å². The zero-order valence-corrected chi connectivity index (χ0v) is 12.2. The Morgan fingerprint density at radius 3 is 2.62 bits per heavy atom. The highest BCUT2D eigenvalue weighted by Gasteiger charge is 2.50. The molecule has 3 nitrogen and oxygen atoms in total. The van der Waals surface area contributed by atoms with Crippen LogP contribution in [0.2, 0.25) is 5.02 Å². The van der Waals surface area contributed by atoms with Crippen LogP contribution in [0.4, 0.5) is 0 Å². The lowest BCUT2D eigenvalue weighted by atomic mass is 9.76. The summed E-state index contributed by atoms with van der Waals surface area (Å²) in [6, 6.07) is 13.9. The van der Waals surface area contributed by atoms with Crippen LogP contribution in [0.3, 0.4) is 0 Å². The number of ether oxygens (including phenoxy) is 1. The first-order valence-electron chi connectivity index (χ1n) is 6.96. The molecule has 0 aromatic heterocycles. The zero-order valence-electron chi connectivity index (χ0n) is 11.5. The predicted molar refractivity (Wildman–Crippen MR) is 80.8 cm³/mol. The first-order valence-corrected chi connectivity index (χ1v) is 7.34. The quantitative estimate of drug-likeness (QED) is 0.822. The van der Waals surface area contributed by atoms with E-state index in [4.69, 9.17) is 16.3 Å². The van der Waals surface area contributed by atoms with Crippen molar-refractivity contribution in [3.63, 3.8) is 0 Å². The number of rotatable bonds is 1. The highest BCUT2D eigenvalue weighted by atomic mass is 35.5. The third kappa shape index (κ3) is 1.92. The molecule has 0 spiro atoms. The van der Waals surface area contributed by atoms with E-state index in [1.165, 1.54) is 11.1 Å². The third-order valence-electron chi connectivity index (χ3n) is 4.25. The Labute approximate surface area is 127 Å². The lowest BCUT2D eigenvalue weighted by Crippen LogP contribution is -2.68. The highest BCUT2D eigenvalue weighted by Crippen LogP contribution is 2.44. The fraction of sp³-hybridized carbons (Fsp3) is 0.235. The molecule has 0 unspecified atom stereocenters. The van der Waals surface area contributed by atoms with E-state index in [9.17, 15) is 4.79 Å². The number of nitrogens with one attached hydrogen (secondary N) is 1. The number of hydrogen-bond donors (Lipinski definition) is 1. The topological polar surface area (TPSA) is 38.3 Å². The minimum atomic E-state index is -0.398. The molecule has 4 rings (SSSR count). The van der Waals surface area contributed by atoms with Gasteiger partial charge in [0.2, 0.25) is 0 Å². The molecule has 1 amide bonds. The monoisotopic (exact) mass is 299 g/mol. The number of carbonyl (C=O) groups excluding carboxylic acids is 1. The molecule has 0 radical (unpaired) electrons. The van der Waals surface area contributed by atoms with E-state index < -0.39 is 6.10 Å². The molecular weight excluding hydrogens is 286 g/mol. The average Bonchev–Trinajstić information content (AvgIpc) is 2.47. The molecule has 1 fully saturated rings. The normalized spacial score (nSPS) is 26.0. The van der Waals surface area contributed by atoms with Gasteiger partial charge in [0.05, 0.1) is 6.04 Å². The molecule has 2 aliphatic rings. The van der Waals surface area contributed by atoms with Crippen LogP contribution < -0.4 is 10.1 Å². The summed E-state index contributed by atoms with van der Waals surface area (Å²) in [6.45, 7) is 2.06. The van der Waals surface area contributed by atoms with Crippen molar-refractivity contribution >= 4 is 17.5 Å². The van der Waals surface area contributed by atoms with Gasteiger partial charge >= 0.3 is 0 Å². The summed E-state index contributed by atoms with van der Waals surface area (Å²) in [5, 5.41) is 3.64. The van der Waals surface area contributed by atoms with Gasteiger partial charge in [-0.15, -0.1) is 0 Å². The molecule has 4 heteroatoms. The van der Waals surface area contributed by atoms with Crippen molar-refractivity contribution in [2.24, 2.45) is 0 Å². The van der Waals surface area contributed by atoms with Crippen molar-refractivity contribution in [3.05, 3.63) is 64.2 Å². The van der Waals surface area contributed by atoms with E-state index >= 15 is 0 Å². The van der Waals surface area contributed by atoms with Crippen molar-refractivity contribution in [1.29, 1.82) is 0 Å². The van der Waals surface area contributed by atoms with Gasteiger partial charge < -0.3 is 10.1 Å². The minimum Gasteiger partial charge on any atom is -0.478 e. The second-order valence-corrected chi connectivity index (χ2v) is 6.08. The number of carbonyl (C=O) groups is 1. The Kier molecular flexibility index (Phi) is 2.73. The maximum atomic E-state index is 11.7. The fourth-order valence-electron chi connectivity index (χ4n) is 3.13. The first-order chi connectivity index (χ1) is 10.1. The Bertz CT molecular complexity index is 726. The van der Waals surface area contributed by atoms with Crippen molar-refractivity contribution in [3.8, 4) is 5.75 Å². The maximum Gasteiger partial charge on any atom is 0.263 e. The Balaban J connectivity index is 1.86. The predicted octanol–water partition coefficient (Wildman–Crippen LogP) is 3.04. The minimum absolute atomic E-state index is 0.0221. The van der Waals surface area contributed by atoms with Gasteiger partial charge in [-0.25, -0.2) is 0 Å².